The van der Waals surface area contributed by atoms with Crippen molar-refractivity contribution in [1.29, 1.82) is 0 Å². The van der Waals surface area contributed by atoms with Crippen molar-refractivity contribution in [3.05, 3.63) is 24.3 Å². The first-order chi connectivity index (χ1) is 9.24. The molecule has 0 atom stereocenters. The minimum Gasteiger partial charge on any atom is -0.399 e. The molecule has 0 spiro atoms. The number of carbonyl (C=O) groups excluding carboxylic acids is 1. The Kier molecular flexibility index (Phi) is 5.54. The second-order valence-electron chi connectivity index (χ2n) is 4.61. The third-order valence-corrected chi connectivity index (χ3v) is 4.40. The summed E-state index contributed by atoms with van der Waals surface area (Å²) in [5.74, 6) is 0.906. The van der Waals surface area contributed by atoms with Crippen LogP contribution in [0.15, 0.2) is 24.3 Å². The average molecular weight is 280 g/mol. The number of hydrogen-bond acceptors (Lipinski definition) is 4. The van der Waals surface area contributed by atoms with Crippen LogP contribution < -0.4 is 11.1 Å². The van der Waals surface area contributed by atoms with Gasteiger partial charge in [0.05, 0.1) is 0 Å². The van der Waals surface area contributed by atoms with Crippen LogP contribution in [0.5, 0.6) is 0 Å². The fourth-order valence-electron chi connectivity index (χ4n) is 2.00. The number of carbonyl (C=O) groups is 1. The van der Waals surface area contributed by atoms with Crippen LogP contribution in [0.1, 0.15) is 19.3 Å². The Labute approximate surface area is 118 Å². The molecule has 0 aromatic heterocycles. The Morgan fingerprint density at radius 2 is 2.21 bits per heavy atom. The summed E-state index contributed by atoms with van der Waals surface area (Å²) < 4.78 is 5.31. The van der Waals surface area contributed by atoms with E-state index in [0.29, 0.717) is 17.4 Å². The van der Waals surface area contributed by atoms with Crippen LogP contribution in [0.4, 0.5) is 11.4 Å². The van der Waals surface area contributed by atoms with Gasteiger partial charge in [0.25, 0.3) is 0 Å². The summed E-state index contributed by atoms with van der Waals surface area (Å²) >= 11 is 1.87. The minimum atomic E-state index is 0.0464. The maximum absolute atomic E-state index is 11.8. The van der Waals surface area contributed by atoms with Crippen LogP contribution in [0, 0.1) is 0 Å². The highest BCUT2D eigenvalue weighted by molar-refractivity contribution is 7.99. The number of thioether (sulfide) groups is 1. The highest BCUT2D eigenvalue weighted by Gasteiger charge is 2.14. The van der Waals surface area contributed by atoms with Crippen LogP contribution in [-0.4, -0.2) is 30.1 Å². The predicted octanol–water partition coefficient (Wildman–Crippen LogP) is 2.51. The first-order valence-corrected chi connectivity index (χ1v) is 7.63. The standard InChI is InChI=1S/C14H20N2O2S/c15-11-2-1-3-12(10-11)16-14(17)6-9-19-13-4-7-18-8-5-13/h1-3,10,13H,4-9,15H2,(H,16,17). The third-order valence-electron chi connectivity index (χ3n) is 3.02. The molecule has 104 valence electrons. The highest BCUT2D eigenvalue weighted by Crippen LogP contribution is 2.22. The molecule has 1 aliphatic heterocycles. The largest absolute Gasteiger partial charge is 0.399 e. The summed E-state index contributed by atoms with van der Waals surface area (Å²) in [5, 5.41) is 3.51. The van der Waals surface area contributed by atoms with Gasteiger partial charge >= 0.3 is 0 Å². The molecule has 0 unspecified atom stereocenters. The second-order valence-corrected chi connectivity index (χ2v) is 6.01. The number of hydrogen-bond donors (Lipinski definition) is 2. The van der Waals surface area contributed by atoms with E-state index in [9.17, 15) is 4.79 Å². The van der Waals surface area contributed by atoms with E-state index in [1.54, 1.807) is 12.1 Å². The van der Waals surface area contributed by atoms with Crippen LogP contribution in [0.3, 0.4) is 0 Å². The fourth-order valence-corrected chi connectivity index (χ4v) is 3.16. The average Bonchev–Trinajstić information content (AvgIpc) is 2.40. The molecule has 1 aliphatic rings. The Bertz CT molecular complexity index is 420. The summed E-state index contributed by atoms with van der Waals surface area (Å²) in [4.78, 5) is 11.8. The van der Waals surface area contributed by atoms with Crippen LogP contribution >= 0.6 is 11.8 Å². The highest BCUT2D eigenvalue weighted by atomic mass is 32.2. The molecule has 1 saturated heterocycles. The van der Waals surface area contributed by atoms with Gasteiger partial charge in [0.2, 0.25) is 5.91 Å². The smallest absolute Gasteiger partial charge is 0.225 e. The molecule has 0 aliphatic carbocycles. The molecule has 2 rings (SSSR count). The zero-order chi connectivity index (χ0) is 13.5. The first-order valence-electron chi connectivity index (χ1n) is 6.59. The Morgan fingerprint density at radius 3 is 2.95 bits per heavy atom. The van der Waals surface area contributed by atoms with Gasteiger partial charge in [-0.1, -0.05) is 6.07 Å². The number of anilines is 2. The van der Waals surface area contributed by atoms with E-state index in [-0.39, 0.29) is 5.91 Å². The first kappa shape index (κ1) is 14.2. The van der Waals surface area contributed by atoms with Crippen molar-refractivity contribution in [1.82, 2.24) is 0 Å². The molecule has 3 N–H and O–H groups in total. The maximum atomic E-state index is 11.8. The van der Waals surface area contributed by atoms with Gasteiger partial charge in [-0.15, -0.1) is 0 Å². The van der Waals surface area contributed by atoms with Crippen molar-refractivity contribution in [2.75, 3.05) is 30.0 Å². The van der Waals surface area contributed by atoms with Crippen molar-refractivity contribution >= 4 is 29.0 Å². The number of benzene rings is 1. The molecule has 1 aromatic carbocycles. The van der Waals surface area contributed by atoms with Gasteiger partial charge in [-0.05, 0) is 31.0 Å². The van der Waals surface area contributed by atoms with Gasteiger partial charge in [-0.3, -0.25) is 4.79 Å². The molecule has 1 aromatic rings. The molecule has 4 nitrogen and oxygen atoms in total. The van der Waals surface area contributed by atoms with Crippen molar-refractivity contribution in [2.24, 2.45) is 0 Å². The van der Waals surface area contributed by atoms with Gasteiger partial charge < -0.3 is 15.8 Å². The third kappa shape index (κ3) is 5.12. The lowest BCUT2D eigenvalue weighted by Crippen LogP contribution is -2.19. The van der Waals surface area contributed by atoms with E-state index in [4.69, 9.17) is 10.5 Å². The van der Waals surface area contributed by atoms with E-state index >= 15 is 0 Å². The van der Waals surface area contributed by atoms with Crippen molar-refractivity contribution < 1.29 is 9.53 Å². The van der Waals surface area contributed by atoms with Gasteiger partial charge in [-0.2, -0.15) is 11.8 Å². The molecular weight excluding hydrogens is 260 g/mol. The van der Waals surface area contributed by atoms with Crippen molar-refractivity contribution in [2.45, 2.75) is 24.5 Å². The number of nitrogen functional groups attached to an aromatic ring is 1. The molecule has 1 heterocycles. The molecule has 19 heavy (non-hydrogen) atoms. The summed E-state index contributed by atoms with van der Waals surface area (Å²) in [6.07, 6.45) is 2.74. The van der Waals surface area contributed by atoms with Gasteiger partial charge in [0.15, 0.2) is 0 Å². The summed E-state index contributed by atoms with van der Waals surface area (Å²) in [6.45, 7) is 1.71. The van der Waals surface area contributed by atoms with Gasteiger partial charge in [0.1, 0.15) is 0 Å². The van der Waals surface area contributed by atoms with Gasteiger partial charge in [0, 0.05) is 42.0 Å². The lowest BCUT2D eigenvalue weighted by atomic mass is 10.2. The molecule has 5 heteroatoms. The van der Waals surface area contributed by atoms with Crippen LogP contribution in [-0.2, 0) is 9.53 Å². The Balaban J connectivity index is 1.67. The summed E-state index contributed by atoms with van der Waals surface area (Å²) in [7, 11) is 0. The number of ether oxygens (including phenoxy) is 1. The number of nitrogens with two attached hydrogens (primary N) is 1. The summed E-state index contributed by atoms with van der Waals surface area (Å²) in [5.41, 5.74) is 7.09. The zero-order valence-corrected chi connectivity index (χ0v) is 11.7. The molecule has 0 saturated carbocycles. The zero-order valence-electron chi connectivity index (χ0n) is 10.9. The van der Waals surface area contributed by atoms with Crippen molar-refractivity contribution in [3.8, 4) is 0 Å². The monoisotopic (exact) mass is 280 g/mol. The number of nitrogens with one attached hydrogen (secondary N) is 1. The summed E-state index contributed by atoms with van der Waals surface area (Å²) in [6, 6.07) is 7.25. The second kappa shape index (κ2) is 7.40. The lowest BCUT2D eigenvalue weighted by molar-refractivity contribution is -0.115. The molecular formula is C14H20N2O2S. The van der Waals surface area contributed by atoms with E-state index in [1.165, 1.54) is 0 Å². The number of amides is 1. The Morgan fingerprint density at radius 1 is 1.42 bits per heavy atom. The minimum absolute atomic E-state index is 0.0464. The molecule has 0 bridgehead atoms. The predicted molar refractivity (Wildman–Crippen MR) is 80.4 cm³/mol. The van der Waals surface area contributed by atoms with E-state index in [2.05, 4.69) is 5.32 Å². The van der Waals surface area contributed by atoms with Crippen molar-refractivity contribution in [3.63, 3.8) is 0 Å². The van der Waals surface area contributed by atoms with E-state index in [0.717, 1.165) is 37.5 Å². The molecule has 1 amide bonds. The van der Waals surface area contributed by atoms with Gasteiger partial charge in [-0.25, -0.2) is 0 Å². The molecule has 1 fully saturated rings. The topological polar surface area (TPSA) is 64.3 Å². The van der Waals surface area contributed by atoms with E-state index in [1.807, 2.05) is 23.9 Å². The maximum Gasteiger partial charge on any atom is 0.225 e. The molecule has 0 radical (unpaired) electrons. The van der Waals surface area contributed by atoms with Crippen LogP contribution in [0.2, 0.25) is 0 Å². The fraction of sp³-hybridized carbons (Fsp3) is 0.500. The van der Waals surface area contributed by atoms with Crippen LogP contribution in [0.25, 0.3) is 0 Å². The van der Waals surface area contributed by atoms with E-state index < -0.39 is 0 Å². The SMILES string of the molecule is Nc1cccc(NC(=O)CCSC2CCOCC2)c1. The number of rotatable bonds is 5. The quantitative estimate of drug-likeness (QED) is 0.813. The Hall–Kier alpha value is -1.20. The lowest BCUT2D eigenvalue weighted by Gasteiger charge is -2.21. The normalized spacial score (nSPS) is 16.2.